The first-order valence-electron chi connectivity index (χ1n) is 6.45. The van der Waals surface area contributed by atoms with Crippen molar-refractivity contribution >= 4 is 23.0 Å². The van der Waals surface area contributed by atoms with Crippen LogP contribution in [0.25, 0.3) is 0 Å². The van der Waals surface area contributed by atoms with Crippen LogP contribution in [0.4, 0.5) is 17.1 Å². The second kappa shape index (κ2) is 5.06. The van der Waals surface area contributed by atoms with E-state index in [1.165, 1.54) is 0 Å². The van der Waals surface area contributed by atoms with E-state index in [-0.39, 0.29) is 5.91 Å². The quantitative estimate of drug-likeness (QED) is 0.860. The number of nitrogens with zero attached hydrogens (tertiary/aromatic N) is 2. The van der Waals surface area contributed by atoms with Crippen molar-refractivity contribution in [3.63, 3.8) is 0 Å². The van der Waals surface area contributed by atoms with E-state index >= 15 is 0 Å². The lowest BCUT2D eigenvalue weighted by Crippen LogP contribution is -2.25. The smallest absolute Gasteiger partial charge is 0.233 e. The fourth-order valence-electron chi connectivity index (χ4n) is 2.34. The monoisotopic (exact) mass is 263 g/mol. The zero-order chi connectivity index (χ0) is 13.9. The Hall–Kier alpha value is -2.80. The van der Waals surface area contributed by atoms with Gasteiger partial charge in [0.1, 0.15) is 0 Å². The summed E-state index contributed by atoms with van der Waals surface area (Å²) in [5, 5.41) is 12.1. The van der Waals surface area contributed by atoms with Crippen molar-refractivity contribution in [2.75, 3.05) is 16.8 Å². The number of carbonyl (C=O) groups is 1. The SMILES string of the molecule is N#Cc1ccc(N2C(=O)CCNc3ccccc32)cc1. The van der Waals surface area contributed by atoms with E-state index in [4.69, 9.17) is 5.26 Å². The van der Waals surface area contributed by atoms with Crippen LogP contribution in [0.5, 0.6) is 0 Å². The van der Waals surface area contributed by atoms with Crippen LogP contribution in [0.3, 0.4) is 0 Å². The van der Waals surface area contributed by atoms with Gasteiger partial charge in [-0.15, -0.1) is 0 Å². The molecule has 0 saturated heterocycles. The van der Waals surface area contributed by atoms with Crippen molar-refractivity contribution < 1.29 is 4.79 Å². The maximum Gasteiger partial charge on any atom is 0.233 e. The summed E-state index contributed by atoms with van der Waals surface area (Å²) in [6.07, 6.45) is 0.439. The zero-order valence-corrected chi connectivity index (χ0v) is 10.8. The first kappa shape index (κ1) is 12.2. The molecule has 3 rings (SSSR count). The van der Waals surface area contributed by atoms with Gasteiger partial charge in [-0.25, -0.2) is 0 Å². The summed E-state index contributed by atoms with van der Waals surface area (Å²) in [5.74, 6) is 0.0483. The molecular formula is C16H13N3O. The van der Waals surface area contributed by atoms with Gasteiger partial charge in [0.05, 0.1) is 23.0 Å². The summed E-state index contributed by atoms with van der Waals surface area (Å²) in [6.45, 7) is 0.628. The number of fused-ring (bicyclic) bond motifs is 1. The molecule has 2 aromatic carbocycles. The molecule has 1 aliphatic rings. The summed E-state index contributed by atoms with van der Waals surface area (Å²) >= 11 is 0. The predicted octanol–water partition coefficient (Wildman–Crippen LogP) is 3.04. The molecule has 0 aliphatic carbocycles. The number of nitriles is 1. The van der Waals surface area contributed by atoms with E-state index in [9.17, 15) is 4.79 Å². The Kier molecular flexibility index (Phi) is 3.10. The summed E-state index contributed by atoms with van der Waals surface area (Å²) in [6, 6.07) is 16.9. The minimum Gasteiger partial charge on any atom is -0.383 e. The molecule has 0 spiro atoms. The maximum atomic E-state index is 12.4. The van der Waals surface area contributed by atoms with Gasteiger partial charge in [0.15, 0.2) is 0 Å². The number of carbonyl (C=O) groups excluding carboxylic acids is 1. The van der Waals surface area contributed by atoms with Crippen LogP contribution in [0, 0.1) is 11.3 Å². The van der Waals surface area contributed by atoms with Gasteiger partial charge in [-0.05, 0) is 36.4 Å². The Morgan fingerprint density at radius 2 is 1.85 bits per heavy atom. The van der Waals surface area contributed by atoms with Crippen molar-refractivity contribution in [2.24, 2.45) is 0 Å². The van der Waals surface area contributed by atoms with Crippen LogP contribution in [0.1, 0.15) is 12.0 Å². The average Bonchev–Trinajstić information content (AvgIpc) is 2.66. The molecule has 1 heterocycles. The van der Waals surface area contributed by atoms with E-state index < -0.39 is 0 Å². The molecular weight excluding hydrogens is 250 g/mol. The van der Waals surface area contributed by atoms with Gasteiger partial charge in [-0.1, -0.05) is 12.1 Å². The molecule has 1 N–H and O–H groups in total. The summed E-state index contributed by atoms with van der Waals surface area (Å²) < 4.78 is 0. The highest BCUT2D eigenvalue weighted by Gasteiger charge is 2.23. The topological polar surface area (TPSA) is 56.1 Å². The lowest BCUT2D eigenvalue weighted by Gasteiger charge is -2.22. The second-order valence-electron chi connectivity index (χ2n) is 4.58. The van der Waals surface area contributed by atoms with Crippen LogP contribution in [-0.2, 0) is 4.79 Å². The number of nitrogens with one attached hydrogen (secondary N) is 1. The third-order valence-electron chi connectivity index (χ3n) is 3.30. The van der Waals surface area contributed by atoms with Gasteiger partial charge < -0.3 is 5.32 Å². The van der Waals surface area contributed by atoms with Gasteiger partial charge in [-0.3, -0.25) is 9.69 Å². The van der Waals surface area contributed by atoms with Crippen molar-refractivity contribution in [3.05, 3.63) is 54.1 Å². The van der Waals surface area contributed by atoms with Gasteiger partial charge in [0.2, 0.25) is 5.91 Å². The van der Waals surface area contributed by atoms with E-state index in [1.54, 1.807) is 29.2 Å². The lowest BCUT2D eigenvalue weighted by atomic mass is 10.1. The highest BCUT2D eigenvalue weighted by molar-refractivity contribution is 6.04. The molecule has 2 aromatic rings. The van der Waals surface area contributed by atoms with Crippen molar-refractivity contribution in [2.45, 2.75) is 6.42 Å². The number of anilines is 3. The Bertz CT molecular complexity index is 686. The maximum absolute atomic E-state index is 12.4. The Morgan fingerprint density at radius 1 is 1.10 bits per heavy atom. The fraction of sp³-hybridized carbons (Fsp3) is 0.125. The zero-order valence-electron chi connectivity index (χ0n) is 10.8. The normalized spacial score (nSPS) is 13.9. The molecule has 20 heavy (non-hydrogen) atoms. The molecule has 0 radical (unpaired) electrons. The van der Waals surface area contributed by atoms with Gasteiger partial charge >= 0.3 is 0 Å². The highest BCUT2D eigenvalue weighted by Crippen LogP contribution is 2.34. The third kappa shape index (κ3) is 2.10. The van der Waals surface area contributed by atoms with Crippen LogP contribution in [-0.4, -0.2) is 12.5 Å². The van der Waals surface area contributed by atoms with Gasteiger partial charge in [0, 0.05) is 18.7 Å². The number of benzene rings is 2. The average molecular weight is 263 g/mol. The van der Waals surface area contributed by atoms with E-state index in [1.807, 2.05) is 24.3 Å². The molecule has 4 nitrogen and oxygen atoms in total. The van der Waals surface area contributed by atoms with Gasteiger partial charge in [0.25, 0.3) is 0 Å². The van der Waals surface area contributed by atoms with Crippen LogP contribution < -0.4 is 10.2 Å². The standard InChI is InChI=1S/C16H13N3O/c17-11-12-5-7-13(8-6-12)19-15-4-2-1-3-14(15)18-10-9-16(19)20/h1-8,18H,9-10H2. The Balaban J connectivity index is 2.09. The Labute approximate surface area is 117 Å². The summed E-state index contributed by atoms with van der Waals surface area (Å²) in [7, 11) is 0. The highest BCUT2D eigenvalue weighted by atomic mass is 16.2. The number of amides is 1. The van der Waals surface area contributed by atoms with Crippen LogP contribution in [0.15, 0.2) is 48.5 Å². The van der Waals surface area contributed by atoms with Crippen molar-refractivity contribution in [3.8, 4) is 6.07 Å². The van der Waals surface area contributed by atoms with Crippen LogP contribution in [0.2, 0.25) is 0 Å². The molecule has 1 amide bonds. The molecule has 0 bridgehead atoms. The number of para-hydroxylation sites is 2. The molecule has 0 fully saturated rings. The first-order chi connectivity index (χ1) is 9.79. The third-order valence-corrected chi connectivity index (χ3v) is 3.30. The molecule has 0 aromatic heterocycles. The van der Waals surface area contributed by atoms with Crippen LogP contribution >= 0.6 is 0 Å². The molecule has 98 valence electrons. The van der Waals surface area contributed by atoms with Crippen molar-refractivity contribution in [1.29, 1.82) is 5.26 Å². The van der Waals surface area contributed by atoms with Gasteiger partial charge in [-0.2, -0.15) is 5.26 Å². The summed E-state index contributed by atoms with van der Waals surface area (Å²) in [4.78, 5) is 14.1. The van der Waals surface area contributed by atoms with Crippen molar-refractivity contribution in [1.82, 2.24) is 0 Å². The molecule has 0 unspecified atom stereocenters. The first-order valence-corrected chi connectivity index (χ1v) is 6.45. The minimum absolute atomic E-state index is 0.0483. The number of hydrogen-bond donors (Lipinski definition) is 1. The predicted molar refractivity (Wildman–Crippen MR) is 77.9 cm³/mol. The van der Waals surface area contributed by atoms with E-state index in [2.05, 4.69) is 11.4 Å². The Morgan fingerprint density at radius 3 is 2.60 bits per heavy atom. The largest absolute Gasteiger partial charge is 0.383 e. The van der Waals surface area contributed by atoms with E-state index in [0.29, 0.717) is 18.5 Å². The molecule has 0 atom stereocenters. The van der Waals surface area contributed by atoms with E-state index in [0.717, 1.165) is 17.1 Å². The molecule has 1 aliphatic heterocycles. The summed E-state index contributed by atoms with van der Waals surface area (Å²) in [5.41, 5.74) is 3.16. The fourth-order valence-corrected chi connectivity index (χ4v) is 2.34. The minimum atomic E-state index is 0.0483. The molecule has 4 heteroatoms. The number of rotatable bonds is 1. The lowest BCUT2D eigenvalue weighted by molar-refractivity contribution is -0.117. The number of hydrogen-bond acceptors (Lipinski definition) is 3. The molecule has 0 saturated carbocycles. The second-order valence-corrected chi connectivity index (χ2v) is 4.58.